The third-order valence-corrected chi connectivity index (χ3v) is 2.95. The first kappa shape index (κ1) is 11.5. The molecule has 0 radical (unpaired) electrons. The monoisotopic (exact) mass is 229 g/mol. The molecule has 1 rings (SSSR count). The Kier molecular flexibility index (Phi) is 2.95. The van der Waals surface area contributed by atoms with E-state index in [4.69, 9.17) is 5.26 Å². The number of hydrogen-bond donors (Lipinski definition) is 1. The lowest BCUT2D eigenvalue weighted by atomic mass is 10.1. The molecule has 0 aliphatic rings. The van der Waals surface area contributed by atoms with E-state index in [1.54, 1.807) is 6.07 Å². The molecule has 4 nitrogen and oxygen atoms in total. The van der Waals surface area contributed by atoms with Gasteiger partial charge in [-0.1, -0.05) is 6.07 Å². The van der Waals surface area contributed by atoms with Crippen LogP contribution in [-0.2, 0) is 16.3 Å². The van der Waals surface area contributed by atoms with Gasteiger partial charge in [0.2, 0.25) is 0 Å². The van der Waals surface area contributed by atoms with Crippen LogP contribution in [0.5, 0.6) is 5.75 Å². The highest BCUT2D eigenvalue weighted by atomic mass is 32.2. The number of benzene rings is 1. The minimum absolute atomic E-state index is 0.0717. The molecule has 0 atom stereocenters. The van der Waals surface area contributed by atoms with E-state index in [9.17, 15) is 17.9 Å². The van der Waals surface area contributed by atoms with Crippen LogP contribution in [0.2, 0.25) is 0 Å². The van der Waals surface area contributed by atoms with Gasteiger partial charge in [-0.05, 0) is 6.07 Å². The molecule has 0 unspecified atom stereocenters. The predicted octanol–water partition coefficient (Wildman–Crippen LogP) is 1.00. The Hall–Kier alpha value is -1.61. The van der Waals surface area contributed by atoms with Gasteiger partial charge >= 0.3 is 0 Å². The third-order valence-electron chi connectivity index (χ3n) is 1.83. The minimum Gasteiger partial charge on any atom is -0.505 e. The topological polar surface area (TPSA) is 78.2 Å². The van der Waals surface area contributed by atoms with E-state index in [1.807, 2.05) is 0 Å². The van der Waals surface area contributed by atoms with Crippen molar-refractivity contribution < 1.29 is 17.9 Å². The summed E-state index contributed by atoms with van der Waals surface area (Å²) in [5.74, 6) is -1.98. The van der Waals surface area contributed by atoms with E-state index in [2.05, 4.69) is 0 Å². The molecule has 80 valence electrons. The zero-order chi connectivity index (χ0) is 11.6. The van der Waals surface area contributed by atoms with Gasteiger partial charge in [0.1, 0.15) is 4.90 Å². The molecule has 0 aliphatic carbocycles. The molecule has 6 heteroatoms. The van der Waals surface area contributed by atoms with Crippen molar-refractivity contribution in [1.82, 2.24) is 0 Å². The zero-order valence-electron chi connectivity index (χ0n) is 7.86. The zero-order valence-corrected chi connectivity index (χ0v) is 8.68. The van der Waals surface area contributed by atoms with Gasteiger partial charge in [0.25, 0.3) is 0 Å². The lowest BCUT2D eigenvalue weighted by Gasteiger charge is -2.05. The van der Waals surface area contributed by atoms with E-state index in [1.165, 1.54) is 6.07 Å². The van der Waals surface area contributed by atoms with Gasteiger partial charge in [0, 0.05) is 11.8 Å². The fourth-order valence-corrected chi connectivity index (χ4v) is 1.84. The molecule has 1 N–H and O–H groups in total. The van der Waals surface area contributed by atoms with Crippen LogP contribution in [0.1, 0.15) is 5.56 Å². The summed E-state index contributed by atoms with van der Waals surface area (Å²) in [6, 6.07) is 3.99. The Morgan fingerprint density at radius 3 is 2.60 bits per heavy atom. The fraction of sp³-hybridized carbons (Fsp3) is 0.222. The molecule has 1 aromatic carbocycles. The number of phenolic OH excluding ortho intramolecular Hbond substituents is 1. The van der Waals surface area contributed by atoms with Crippen molar-refractivity contribution in [2.75, 3.05) is 6.26 Å². The average molecular weight is 229 g/mol. The molecule has 0 spiro atoms. The molecule has 0 saturated carbocycles. The quantitative estimate of drug-likeness (QED) is 0.820. The first-order valence-corrected chi connectivity index (χ1v) is 5.84. The van der Waals surface area contributed by atoms with E-state index < -0.39 is 26.3 Å². The second-order valence-corrected chi connectivity index (χ2v) is 4.98. The Morgan fingerprint density at radius 2 is 2.13 bits per heavy atom. The van der Waals surface area contributed by atoms with Crippen LogP contribution < -0.4 is 0 Å². The van der Waals surface area contributed by atoms with Crippen molar-refractivity contribution >= 4 is 9.84 Å². The number of nitrogens with zero attached hydrogens (tertiary/aromatic N) is 1. The maximum atomic E-state index is 13.3. The minimum atomic E-state index is -3.71. The smallest absolute Gasteiger partial charge is 0.183 e. The van der Waals surface area contributed by atoms with Gasteiger partial charge in [0.15, 0.2) is 21.4 Å². The molecule has 0 fully saturated rings. The maximum Gasteiger partial charge on any atom is 0.183 e. The van der Waals surface area contributed by atoms with E-state index in [0.29, 0.717) is 0 Å². The van der Waals surface area contributed by atoms with E-state index in [0.717, 1.165) is 12.3 Å². The summed E-state index contributed by atoms with van der Waals surface area (Å²) in [4.78, 5) is -0.568. The second kappa shape index (κ2) is 3.87. The number of aromatic hydroxyl groups is 1. The van der Waals surface area contributed by atoms with Gasteiger partial charge in [-0.15, -0.1) is 0 Å². The summed E-state index contributed by atoms with van der Waals surface area (Å²) >= 11 is 0. The van der Waals surface area contributed by atoms with Gasteiger partial charge in [0.05, 0.1) is 12.5 Å². The Bertz CT molecular complexity index is 531. The molecule has 0 aliphatic heterocycles. The summed E-state index contributed by atoms with van der Waals surface area (Å²) in [5.41, 5.74) is 0.0717. The fourth-order valence-electron chi connectivity index (χ4n) is 1.10. The van der Waals surface area contributed by atoms with Crippen LogP contribution in [0.3, 0.4) is 0 Å². The number of halogens is 1. The highest BCUT2D eigenvalue weighted by Gasteiger charge is 2.19. The van der Waals surface area contributed by atoms with Gasteiger partial charge in [-0.2, -0.15) is 5.26 Å². The lowest BCUT2D eigenvalue weighted by Crippen LogP contribution is -2.02. The SMILES string of the molecule is CS(=O)(=O)c1ccc(CC#N)c(O)c1F. The molecular weight excluding hydrogens is 221 g/mol. The van der Waals surface area contributed by atoms with Crippen LogP contribution in [0.4, 0.5) is 4.39 Å². The summed E-state index contributed by atoms with van der Waals surface area (Å²) in [5, 5.41) is 17.6. The Morgan fingerprint density at radius 1 is 1.53 bits per heavy atom. The number of rotatable bonds is 2. The summed E-state index contributed by atoms with van der Waals surface area (Å²) in [7, 11) is -3.71. The molecular formula is C9H8FNO3S. The molecule has 0 heterocycles. The number of phenols is 1. The van der Waals surface area contributed by atoms with E-state index >= 15 is 0 Å². The first-order chi connectivity index (χ1) is 6.88. The molecule has 0 amide bonds. The van der Waals surface area contributed by atoms with Crippen LogP contribution in [0, 0.1) is 17.1 Å². The maximum absolute atomic E-state index is 13.3. The first-order valence-electron chi connectivity index (χ1n) is 3.95. The van der Waals surface area contributed by atoms with Crippen molar-refractivity contribution in [2.24, 2.45) is 0 Å². The van der Waals surface area contributed by atoms with Crippen molar-refractivity contribution in [3.8, 4) is 11.8 Å². The standard InChI is InChI=1S/C9H8FNO3S/c1-15(13,14)7-3-2-6(4-5-11)9(12)8(7)10/h2-3,12H,4H2,1H3. The molecule has 15 heavy (non-hydrogen) atoms. The summed E-state index contributed by atoms with van der Waals surface area (Å²) in [6.45, 7) is 0. The normalized spacial score (nSPS) is 11.0. The van der Waals surface area contributed by atoms with Crippen molar-refractivity contribution in [3.05, 3.63) is 23.5 Å². The summed E-state index contributed by atoms with van der Waals surface area (Å²) < 4.78 is 35.5. The number of hydrogen-bond acceptors (Lipinski definition) is 4. The van der Waals surface area contributed by atoms with Crippen LogP contribution in [0.25, 0.3) is 0 Å². The summed E-state index contributed by atoms with van der Waals surface area (Å²) in [6.07, 6.45) is 0.668. The van der Waals surface area contributed by atoms with Crippen molar-refractivity contribution in [1.29, 1.82) is 5.26 Å². The molecule has 1 aromatic rings. The van der Waals surface area contributed by atoms with Crippen LogP contribution in [-0.4, -0.2) is 19.8 Å². The molecule has 0 aromatic heterocycles. The van der Waals surface area contributed by atoms with E-state index in [-0.39, 0.29) is 12.0 Å². The highest BCUT2D eigenvalue weighted by molar-refractivity contribution is 7.90. The Labute approximate surface area is 86.5 Å². The highest BCUT2D eigenvalue weighted by Crippen LogP contribution is 2.27. The third kappa shape index (κ3) is 2.25. The largest absolute Gasteiger partial charge is 0.505 e. The van der Waals surface area contributed by atoms with Crippen LogP contribution >= 0.6 is 0 Å². The van der Waals surface area contributed by atoms with Crippen molar-refractivity contribution in [2.45, 2.75) is 11.3 Å². The van der Waals surface area contributed by atoms with Gasteiger partial charge in [-0.25, -0.2) is 12.8 Å². The predicted molar refractivity (Wildman–Crippen MR) is 50.5 cm³/mol. The Balaban J connectivity index is 3.42. The second-order valence-electron chi connectivity index (χ2n) is 2.99. The number of nitriles is 1. The average Bonchev–Trinajstić information content (AvgIpc) is 2.11. The lowest BCUT2D eigenvalue weighted by molar-refractivity contribution is 0.418. The number of sulfone groups is 1. The van der Waals surface area contributed by atoms with Gasteiger partial charge in [-0.3, -0.25) is 0 Å². The molecule has 0 saturated heterocycles. The van der Waals surface area contributed by atoms with Gasteiger partial charge < -0.3 is 5.11 Å². The molecule has 0 bridgehead atoms. The van der Waals surface area contributed by atoms with Crippen molar-refractivity contribution in [3.63, 3.8) is 0 Å². The van der Waals surface area contributed by atoms with Crippen LogP contribution in [0.15, 0.2) is 17.0 Å².